The maximum absolute atomic E-state index is 8.29. The van der Waals surface area contributed by atoms with Gasteiger partial charge in [-0.3, -0.25) is 0 Å². The van der Waals surface area contributed by atoms with Gasteiger partial charge in [-0.1, -0.05) is 201 Å². The van der Waals surface area contributed by atoms with E-state index in [0.717, 1.165) is 33.8 Å². The van der Waals surface area contributed by atoms with Gasteiger partial charge >= 0.3 is 0 Å². The lowest BCUT2D eigenvalue weighted by Gasteiger charge is -2.34. The van der Waals surface area contributed by atoms with Crippen LogP contribution in [0.25, 0.3) is 44.5 Å². The van der Waals surface area contributed by atoms with Crippen molar-refractivity contribution in [3.05, 3.63) is 220 Å². The van der Waals surface area contributed by atoms with Crippen LogP contribution in [0, 0.1) is 0 Å². The van der Waals surface area contributed by atoms with E-state index in [9.17, 15) is 0 Å². The van der Waals surface area contributed by atoms with Gasteiger partial charge in [0.25, 0.3) is 0 Å². The summed E-state index contributed by atoms with van der Waals surface area (Å²) in [5.74, 6) is 0. The summed E-state index contributed by atoms with van der Waals surface area (Å²) in [5.41, 5.74) is 21.3. The molecule has 1 nitrogen and oxygen atoms in total. The topological polar surface area (TPSA) is 3.24 Å². The first-order valence-electron chi connectivity index (χ1n) is 23.3. The highest BCUT2D eigenvalue weighted by Crippen LogP contribution is 2.64. The van der Waals surface area contributed by atoms with Gasteiger partial charge in [0, 0.05) is 26.5 Å². The van der Waals surface area contributed by atoms with Gasteiger partial charge < -0.3 is 4.90 Å². The van der Waals surface area contributed by atoms with E-state index < -0.39 is 17.7 Å². The Morgan fingerprint density at radius 2 is 0.836 bits per heavy atom. The summed E-state index contributed by atoms with van der Waals surface area (Å²) in [7, 11) is 0. The van der Waals surface area contributed by atoms with E-state index in [1.165, 1.54) is 72.3 Å². The van der Waals surface area contributed by atoms with Crippen molar-refractivity contribution in [3.63, 3.8) is 0 Å². The standard InChI is InChI=1S/C60H53N/c1-57(2,3)39-27-25-38(26-28-39)43-17-12-16-24-56(43)61(41-30-33-47-44-18-9-13-21-50(44)59(7,8)53(47)36-41)42-31-34-49-46-20-11-15-23-52(46)60(55(49)37-42)51-22-14-10-19-45(51)48-32-29-40(35-54(48)60)58(4,5)6/h9-37H,1-8H3/i1D3. The Hall–Kier alpha value is -6.44. The highest BCUT2D eigenvalue weighted by Gasteiger charge is 2.52. The molecule has 0 fully saturated rings. The maximum Gasteiger partial charge on any atom is 0.0726 e. The lowest BCUT2D eigenvalue weighted by atomic mass is 9.69. The minimum absolute atomic E-state index is 0.0317. The summed E-state index contributed by atoms with van der Waals surface area (Å²) in [4.78, 5) is 2.46. The molecule has 1 heteroatoms. The number of fused-ring (bicyclic) bond motifs is 13. The second-order valence-corrected chi connectivity index (χ2v) is 19.5. The van der Waals surface area contributed by atoms with Crippen LogP contribution in [0.1, 0.15) is 104 Å². The predicted molar refractivity (Wildman–Crippen MR) is 258 cm³/mol. The number of para-hydroxylation sites is 1. The predicted octanol–water partition coefficient (Wildman–Crippen LogP) is 16.1. The summed E-state index contributed by atoms with van der Waals surface area (Å²) < 4.78 is 24.9. The van der Waals surface area contributed by atoms with Gasteiger partial charge in [-0.05, 0) is 125 Å². The third-order valence-electron chi connectivity index (χ3n) is 14.1. The molecule has 0 bridgehead atoms. The minimum Gasteiger partial charge on any atom is -0.310 e. The fourth-order valence-electron chi connectivity index (χ4n) is 11.0. The molecule has 0 heterocycles. The van der Waals surface area contributed by atoms with Crippen molar-refractivity contribution >= 4 is 17.1 Å². The van der Waals surface area contributed by atoms with E-state index in [0.29, 0.717) is 0 Å². The largest absolute Gasteiger partial charge is 0.310 e. The molecule has 11 rings (SSSR count). The van der Waals surface area contributed by atoms with Crippen LogP contribution in [-0.4, -0.2) is 0 Å². The first-order valence-corrected chi connectivity index (χ1v) is 21.8. The van der Waals surface area contributed by atoms with Crippen LogP contribution in [0.4, 0.5) is 17.1 Å². The molecule has 0 amide bonds. The zero-order chi connectivity index (χ0) is 44.6. The zero-order valence-electron chi connectivity index (χ0n) is 39.2. The highest BCUT2D eigenvalue weighted by molar-refractivity contribution is 5.97. The average Bonchev–Trinajstić information content (AvgIpc) is 3.84. The van der Waals surface area contributed by atoms with Crippen molar-refractivity contribution in [2.75, 3.05) is 4.90 Å². The number of hydrogen-bond donors (Lipinski definition) is 0. The summed E-state index contributed by atoms with van der Waals surface area (Å²) in [6.07, 6.45) is 0. The summed E-state index contributed by atoms with van der Waals surface area (Å²) in [5, 5.41) is 0. The van der Waals surface area contributed by atoms with E-state index in [1.807, 2.05) is 26.0 Å². The van der Waals surface area contributed by atoms with Crippen LogP contribution < -0.4 is 4.90 Å². The van der Waals surface area contributed by atoms with Crippen molar-refractivity contribution in [2.45, 2.75) is 77.0 Å². The summed E-state index contributed by atoms with van der Waals surface area (Å²) in [6, 6.07) is 65.2. The van der Waals surface area contributed by atoms with E-state index in [-0.39, 0.29) is 10.8 Å². The number of nitrogens with zero attached hydrogens (tertiary/aromatic N) is 1. The van der Waals surface area contributed by atoms with Gasteiger partial charge in [0.1, 0.15) is 0 Å². The van der Waals surface area contributed by atoms with E-state index in [4.69, 9.17) is 4.11 Å². The molecule has 3 aliphatic carbocycles. The molecule has 0 aliphatic heterocycles. The Balaban J connectivity index is 1.17. The zero-order valence-corrected chi connectivity index (χ0v) is 36.2. The van der Waals surface area contributed by atoms with Gasteiger partial charge in [-0.25, -0.2) is 0 Å². The Morgan fingerprint density at radius 3 is 1.43 bits per heavy atom. The molecule has 8 aromatic rings. The normalized spacial score (nSPS) is 17.3. The quantitative estimate of drug-likeness (QED) is 0.172. The van der Waals surface area contributed by atoms with Gasteiger partial charge in [-0.2, -0.15) is 0 Å². The van der Waals surface area contributed by atoms with E-state index in [2.05, 4.69) is 203 Å². The van der Waals surface area contributed by atoms with Gasteiger partial charge in [-0.15, -0.1) is 0 Å². The van der Waals surface area contributed by atoms with E-state index in [1.54, 1.807) is 0 Å². The van der Waals surface area contributed by atoms with Crippen LogP contribution >= 0.6 is 0 Å². The smallest absolute Gasteiger partial charge is 0.0726 e. The minimum atomic E-state index is -2.14. The second-order valence-electron chi connectivity index (χ2n) is 19.5. The highest BCUT2D eigenvalue weighted by atomic mass is 15.1. The van der Waals surface area contributed by atoms with Crippen molar-refractivity contribution in [1.29, 1.82) is 0 Å². The van der Waals surface area contributed by atoms with Crippen LogP contribution in [0.3, 0.4) is 0 Å². The van der Waals surface area contributed by atoms with Crippen molar-refractivity contribution in [3.8, 4) is 44.5 Å². The number of rotatable bonds is 4. The monoisotopic (exact) mass is 790 g/mol. The number of benzene rings is 8. The molecular weight excluding hydrogens is 735 g/mol. The maximum atomic E-state index is 8.29. The molecule has 0 saturated heterocycles. The Labute approximate surface area is 366 Å². The Kier molecular flexibility index (Phi) is 7.33. The molecule has 3 aliphatic rings. The Morgan fingerprint density at radius 1 is 0.393 bits per heavy atom. The first-order chi connectivity index (χ1) is 30.5. The number of hydrogen-bond acceptors (Lipinski definition) is 1. The van der Waals surface area contributed by atoms with Gasteiger partial charge in [0.2, 0.25) is 0 Å². The molecule has 1 unspecified atom stereocenters. The summed E-state index contributed by atoms with van der Waals surface area (Å²) in [6.45, 7) is 13.1. The fraction of sp³-hybridized carbons (Fsp3) is 0.200. The van der Waals surface area contributed by atoms with Gasteiger partial charge in [0.15, 0.2) is 0 Å². The average molecular weight is 791 g/mol. The Bertz CT molecular complexity index is 3180. The van der Waals surface area contributed by atoms with Crippen molar-refractivity contribution in [1.82, 2.24) is 0 Å². The molecule has 0 N–H and O–H groups in total. The third kappa shape index (κ3) is 5.39. The molecule has 1 atom stereocenters. The molecular formula is C60H53N. The second kappa shape index (κ2) is 13.0. The molecule has 298 valence electrons. The van der Waals surface area contributed by atoms with Gasteiger partial charge in [0.05, 0.1) is 11.1 Å². The molecule has 0 saturated carbocycles. The van der Waals surface area contributed by atoms with Crippen LogP contribution in [-0.2, 0) is 21.7 Å². The first kappa shape index (κ1) is 34.3. The third-order valence-corrected chi connectivity index (χ3v) is 14.1. The SMILES string of the molecule is [2H]C([2H])([2H])C(C)(C)c1ccc(-c2ccccc2N(c2ccc3c(c2)C(C)(C)c2ccccc2-3)c2ccc3c(c2)C2(c4ccccc4-3)c3ccccc3-c3ccc(C(C)(C)C)cc32)cc1. The number of anilines is 3. The fourth-order valence-corrected chi connectivity index (χ4v) is 11.0. The lowest BCUT2D eigenvalue weighted by molar-refractivity contribution is 0.588. The van der Waals surface area contributed by atoms with Crippen LogP contribution in [0.15, 0.2) is 176 Å². The molecule has 61 heavy (non-hydrogen) atoms. The van der Waals surface area contributed by atoms with Crippen molar-refractivity contribution in [2.24, 2.45) is 0 Å². The molecule has 0 radical (unpaired) electrons. The molecule has 1 spiro atoms. The summed E-state index contributed by atoms with van der Waals surface area (Å²) >= 11 is 0. The molecule has 0 aromatic heterocycles. The lowest BCUT2D eigenvalue weighted by Crippen LogP contribution is -2.27. The van der Waals surface area contributed by atoms with E-state index >= 15 is 0 Å². The van der Waals surface area contributed by atoms with Crippen LogP contribution in [0.2, 0.25) is 0 Å². The van der Waals surface area contributed by atoms with Crippen molar-refractivity contribution < 1.29 is 4.11 Å². The van der Waals surface area contributed by atoms with Crippen LogP contribution in [0.5, 0.6) is 0 Å². The molecule has 8 aromatic carbocycles.